The highest BCUT2D eigenvalue weighted by Gasteiger charge is 2.21. The molecule has 0 unspecified atom stereocenters. The van der Waals surface area contributed by atoms with Crippen LogP contribution in [0.5, 0.6) is 5.75 Å². The number of benzene rings is 6. The van der Waals surface area contributed by atoms with Crippen LogP contribution in [0.15, 0.2) is 158 Å². The third kappa shape index (κ3) is 7.02. The molecule has 0 aliphatic carbocycles. The normalized spacial score (nSPS) is 10.7. The molecule has 0 aliphatic rings. The topological polar surface area (TPSA) is 19.1 Å². The van der Waals surface area contributed by atoms with Crippen molar-refractivity contribution in [1.29, 1.82) is 0 Å². The van der Waals surface area contributed by atoms with E-state index in [1.807, 2.05) is 24.3 Å². The van der Waals surface area contributed by atoms with Gasteiger partial charge in [0.25, 0.3) is 0 Å². The van der Waals surface area contributed by atoms with Gasteiger partial charge in [-0.25, -0.2) is 0 Å². The van der Waals surface area contributed by atoms with Gasteiger partial charge in [-0.15, -0.1) is 0 Å². The van der Waals surface area contributed by atoms with E-state index in [-0.39, 0.29) is 0 Å². The van der Waals surface area contributed by atoms with Gasteiger partial charge in [0.2, 0.25) is 0 Å². The van der Waals surface area contributed by atoms with Crippen molar-refractivity contribution < 1.29 is 4.74 Å². The zero-order chi connectivity index (χ0) is 36.3. The summed E-state index contributed by atoms with van der Waals surface area (Å²) in [6.45, 7) is 6.35. The molecule has 53 heavy (non-hydrogen) atoms. The van der Waals surface area contributed by atoms with Gasteiger partial charge in [0.05, 0.1) is 29.5 Å². The maximum absolute atomic E-state index is 5.29. The molecule has 0 saturated carbocycles. The molecular formula is C50H38N2O. The minimum Gasteiger partial charge on any atom is -0.497 e. The van der Waals surface area contributed by atoms with Crippen molar-refractivity contribution in [2.45, 2.75) is 20.8 Å². The minimum atomic E-state index is 0.823. The molecule has 0 saturated heterocycles. The summed E-state index contributed by atoms with van der Waals surface area (Å²) in [6.07, 6.45) is 0. The van der Waals surface area contributed by atoms with Crippen LogP contribution in [-0.2, 0) is 0 Å². The Hall–Kier alpha value is -6.94. The number of hydrogen-bond acceptors (Lipinski definition) is 1. The van der Waals surface area contributed by atoms with Crippen LogP contribution in [-0.4, -0.2) is 16.2 Å². The van der Waals surface area contributed by atoms with E-state index < -0.39 is 0 Å². The molecule has 6 aromatic carbocycles. The largest absolute Gasteiger partial charge is 0.497 e. The standard InChI is InChI=1S/C50H38N2O/c1-35-5-11-38(12-6-35)13-14-39-17-23-42(24-18-39)47-33-49-50(51(47)44-27-7-36(2)8-28-44)34-48(52(49)45-29-9-37(3)10-30-45)43-25-19-40(20-26-43)15-16-41-21-31-46(53-4)32-22-41/h5-12,17-34H,1-4H3. The summed E-state index contributed by atoms with van der Waals surface area (Å²) in [6, 6.07) is 55.5. The maximum atomic E-state index is 5.29. The third-order valence-electron chi connectivity index (χ3n) is 9.56. The van der Waals surface area contributed by atoms with E-state index in [9.17, 15) is 0 Å². The number of fused-ring (bicyclic) bond motifs is 1. The summed E-state index contributed by atoms with van der Waals surface area (Å²) in [4.78, 5) is 0. The highest BCUT2D eigenvalue weighted by atomic mass is 16.5. The van der Waals surface area contributed by atoms with Crippen LogP contribution in [0.2, 0.25) is 0 Å². The molecule has 8 rings (SSSR count). The zero-order valence-corrected chi connectivity index (χ0v) is 30.3. The van der Waals surface area contributed by atoms with Crippen LogP contribution >= 0.6 is 0 Å². The van der Waals surface area contributed by atoms with Gasteiger partial charge in [0.1, 0.15) is 5.75 Å². The van der Waals surface area contributed by atoms with Crippen molar-refractivity contribution in [2.24, 2.45) is 0 Å². The summed E-state index contributed by atoms with van der Waals surface area (Å²) in [5.74, 6) is 14.1. The van der Waals surface area contributed by atoms with E-state index in [4.69, 9.17) is 4.74 Å². The fourth-order valence-corrected chi connectivity index (χ4v) is 6.57. The van der Waals surface area contributed by atoms with Crippen molar-refractivity contribution in [3.8, 4) is 63.3 Å². The molecule has 0 bridgehead atoms. The third-order valence-corrected chi connectivity index (χ3v) is 9.56. The lowest BCUT2D eigenvalue weighted by Crippen LogP contribution is -1.97. The lowest BCUT2D eigenvalue weighted by Gasteiger charge is -2.12. The zero-order valence-electron chi connectivity index (χ0n) is 30.3. The van der Waals surface area contributed by atoms with E-state index in [1.165, 1.54) is 16.7 Å². The van der Waals surface area contributed by atoms with Gasteiger partial charge in [0.15, 0.2) is 0 Å². The molecular weight excluding hydrogens is 645 g/mol. The molecule has 0 amide bonds. The summed E-state index contributed by atoms with van der Waals surface area (Å²) in [7, 11) is 1.67. The highest BCUT2D eigenvalue weighted by Crippen LogP contribution is 2.38. The van der Waals surface area contributed by atoms with Crippen molar-refractivity contribution in [3.05, 3.63) is 197 Å². The quantitative estimate of drug-likeness (QED) is 0.165. The van der Waals surface area contributed by atoms with E-state index in [0.29, 0.717) is 0 Å². The number of aryl methyl sites for hydroxylation is 3. The molecule has 2 aromatic heterocycles. The number of hydrogen-bond donors (Lipinski definition) is 0. The molecule has 0 N–H and O–H groups in total. The Balaban J connectivity index is 1.23. The molecule has 0 aliphatic heterocycles. The smallest absolute Gasteiger partial charge is 0.118 e. The fraction of sp³-hybridized carbons (Fsp3) is 0.0800. The van der Waals surface area contributed by atoms with Crippen molar-refractivity contribution in [3.63, 3.8) is 0 Å². The molecule has 0 atom stereocenters. The number of aromatic nitrogens is 2. The molecule has 2 heterocycles. The van der Waals surface area contributed by atoms with Gasteiger partial charge in [-0.2, -0.15) is 0 Å². The first-order valence-electron chi connectivity index (χ1n) is 17.8. The van der Waals surface area contributed by atoms with Crippen LogP contribution in [0.3, 0.4) is 0 Å². The van der Waals surface area contributed by atoms with Crippen LogP contribution < -0.4 is 4.74 Å². The SMILES string of the molecule is COc1ccc(C#Cc2ccc(-c3cc4c(cc(-c5ccc(C#Cc6ccc(C)cc6)cc5)n4-c4ccc(C)cc4)n3-c3ccc(C)cc3)cc2)cc1. The van der Waals surface area contributed by atoms with E-state index in [0.717, 1.165) is 72.9 Å². The monoisotopic (exact) mass is 682 g/mol. The van der Waals surface area contributed by atoms with Crippen LogP contribution in [0, 0.1) is 44.5 Å². The molecule has 3 heteroatoms. The van der Waals surface area contributed by atoms with Gasteiger partial charge < -0.3 is 13.9 Å². The van der Waals surface area contributed by atoms with E-state index >= 15 is 0 Å². The average molecular weight is 683 g/mol. The minimum absolute atomic E-state index is 0.823. The first-order chi connectivity index (χ1) is 25.9. The number of ether oxygens (including phenoxy) is 1. The van der Waals surface area contributed by atoms with Crippen molar-refractivity contribution >= 4 is 11.0 Å². The van der Waals surface area contributed by atoms with Gasteiger partial charge in [-0.1, -0.05) is 101 Å². The lowest BCUT2D eigenvalue weighted by molar-refractivity contribution is 0.415. The van der Waals surface area contributed by atoms with Crippen molar-refractivity contribution in [1.82, 2.24) is 9.13 Å². The predicted molar refractivity (Wildman–Crippen MR) is 219 cm³/mol. The van der Waals surface area contributed by atoms with Gasteiger partial charge in [-0.3, -0.25) is 0 Å². The Morgan fingerprint density at radius 3 is 1.02 bits per heavy atom. The molecule has 0 radical (unpaired) electrons. The number of methoxy groups -OCH3 is 1. The van der Waals surface area contributed by atoms with Crippen LogP contribution in [0.25, 0.3) is 44.9 Å². The Bertz CT molecular complexity index is 2670. The first-order valence-corrected chi connectivity index (χ1v) is 17.8. The molecule has 8 aromatic rings. The Labute approximate surface area is 311 Å². The molecule has 0 spiro atoms. The Kier molecular flexibility index (Phi) is 9.00. The second kappa shape index (κ2) is 14.4. The Morgan fingerprint density at radius 1 is 0.377 bits per heavy atom. The first kappa shape index (κ1) is 33.2. The summed E-state index contributed by atoms with van der Waals surface area (Å²) in [5, 5.41) is 0. The average Bonchev–Trinajstić information content (AvgIpc) is 3.75. The molecule has 3 nitrogen and oxygen atoms in total. The van der Waals surface area contributed by atoms with Crippen LogP contribution in [0.1, 0.15) is 38.9 Å². The summed E-state index contributed by atoms with van der Waals surface area (Å²) in [5.41, 5.74) is 16.5. The molecule has 0 fully saturated rings. The summed E-state index contributed by atoms with van der Waals surface area (Å²) < 4.78 is 10.0. The number of nitrogens with zero attached hydrogens (tertiary/aromatic N) is 2. The van der Waals surface area contributed by atoms with Gasteiger partial charge in [-0.05, 0) is 129 Å². The van der Waals surface area contributed by atoms with Crippen LogP contribution in [0.4, 0.5) is 0 Å². The van der Waals surface area contributed by atoms with Gasteiger partial charge in [0, 0.05) is 33.6 Å². The maximum Gasteiger partial charge on any atom is 0.118 e. The number of rotatable bonds is 5. The molecule has 254 valence electrons. The van der Waals surface area contributed by atoms with E-state index in [2.05, 4.69) is 187 Å². The Morgan fingerprint density at radius 2 is 0.679 bits per heavy atom. The van der Waals surface area contributed by atoms with Crippen molar-refractivity contribution in [2.75, 3.05) is 7.11 Å². The lowest BCUT2D eigenvalue weighted by atomic mass is 10.1. The second-order valence-corrected chi connectivity index (χ2v) is 13.4. The highest BCUT2D eigenvalue weighted by molar-refractivity contribution is 5.93. The summed E-state index contributed by atoms with van der Waals surface area (Å²) >= 11 is 0. The predicted octanol–water partition coefficient (Wildman–Crippen LogP) is 11.5. The van der Waals surface area contributed by atoms with E-state index in [1.54, 1.807) is 7.11 Å². The fourth-order valence-electron chi connectivity index (χ4n) is 6.57. The van der Waals surface area contributed by atoms with Gasteiger partial charge >= 0.3 is 0 Å². The second-order valence-electron chi connectivity index (χ2n) is 13.4.